The highest BCUT2D eigenvalue weighted by Crippen LogP contribution is 2.23. The van der Waals surface area contributed by atoms with Crippen LogP contribution in [0, 0.1) is 0 Å². The normalized spacial score (nSPS) is 10.6. The number of carboxylic acids is 1. The van der Waals surface area contributed by atoms with Gasteiger partial charge in [-0.3, -0.25) is 4.79 Å². The quantitative estimate of drug-likeness (QED) is 0.760. The maximum Gasteiger partial charge on any atom is 0.307 e. The highest BCUT2D eigenvalue weighted by atomic mass is 16.4. The number of aromatic nitrogens is 1. The number of nitrogens with zero attached hydrogens (tertiary/aromatic N) is 1. The van der Waals surface area contributed by atoms with Gasteiger partial charge in [-0.15, -0.1) is 0 Å². The smallest absolute Gasteiger partial charge is 0.307 e. The van der Waals surface area contributed by atoms with Gasteiger partial charge < -0.3 is 14.8 Å². The minimum absolute atomic E-state index is 0.0236. The Morgan fingerprint density at radius 1 is 1.20 bits per heavy atom. The largest absolute Gasteiger partial charge is 0.481 e. The van der Waals surface area contributed by atoms with Crippen molar-refractivity contribution < 1.29 is 14.3 Å². The van der Waals surface area contributed by atoms with E-state index in [0.29, 0.717) is 22.7 Å². The van der Waals surface area contributed by atoms with Crippen molar-refractivity contribution in [3.63, 3.8) is 0 Å². The van der Waals surface area contributed by atoms with E-state index in [0.717, 1.165) is 5.69 Å². The van der Waals surface area contributed by atoms with E-state index in [-0.39, 0.29) is 6.42 Å². The highest BCUT2D eigenvalue weighted by Gasteiger charge is 2.08. The first-order valence-electron chi connectivity index (χ1n) is 6.14. The molecule has 0 atom stereocenters. The van der Waals surface area contributed by atoms with E-state index in [1.165, 1.54) is 0 Å². The van der Waals surface area contributed by atoms with Gasteiger partial charge in [-0.25, -0.2) is 0 Å². The molecule has 0 bridgehead atoms. The Morgan fingerprint density at radius 3 is 2.75 bits per heavy atom. The summed E-state index contributed by atoms with van der Waals surface area (Å²) in [5.41, 5.74) is 2.84. The molecule has 20 heavy (non-hydrogen) atoms. The molecule has 3 rings (SSSR count). The number of benzene rings is 2. The van der Waals surface area contributed by atoms with Crippen molar-refractivity contribution in [1.29, 1.82) is 0 Å². The maximum atomic E-state index is 10.7. The molecule has 100 valence electrons. The molecule has 0 unspecified atom stereocenters. The van der Waals surface area contributed by atoms with Crippen LogP contribution in [-0.2, 0) is 11.2 Å². The molecular formula is C15H12N2O3. The molecule has 1 heterocycles. The zero-order valence-electron chi connectivity index (χ0n) is 10.5. The van der Waals surface area contributed by atoms with Gasteiger partial charge in [0, 0.05) is 5.69 Å². The fourth-order valence-electron chi connectivity index (χ4n) is 1.96. The number of anilines is 2. The van der Waals surface area contributed by atoms with Crippen LogP contribution in [0.1, 0.15) is 5.56 Å². The second-order valence-electron chi connectivity index (χ2n) is 4.38. The molecule has 5 nitrogen and oxygen atoms in total. The number of para-hydroxylation sites is 1. The SMILES string of the molecule is O=C(O)Cc1ccc2oc(Nc3ccccc3)nc2c1. The Kier molecular flexibility index (Phi) is 3.09. The first kappa shape index (κ1) is 12.2. The number of aliphatic carboxylic acids is 1. The number of nitrogens with one attached hydrogen (secondary N) is 1. The molecular weight excluding hydrogens is 256 g/mol. The standard InChI is InChI=1S/C15H12N2O3/c18-14(19)9-10-6-7-13-12(8-10)17-15(20-13)16-11-4-2-1-3-5-11/h1-8H,9H2,(H,16,17)(H,18,19). The van der Waals surface area contributed by atoms with Crippen LogP contribution < -0.4 is 5.32 Å². The molecule has 0 saturated heterocycles. The monoisotopic (exact) mass is 268 g/mol. The average molecular weight is 268 g/mol. The minimum Gasteiger partial charge on any atom is -0.481 e. The Bertz CT molecular complexity index is 750. The molecule has 2 N–H and O–H groups in total. The van der Waals surface area contributed by atoms with Crippen LogP contribution >= 0.6 is 0 Å². The van der Waals surface area contributed by atoms with Crippen molar-refractivity contribution in [1.82, 2.24) is 4.98 Å². The minimum atomic E-state index is -0.865. The predicted molar refractivity (Wildman–Crippen MR) is 75.1 cm³/mol. The van der Waals surface area contributed by atoms with E-state index in [2.05, 4.69) is 10.3 Å². The summed E-state index contributed by atoms with van der Waals surface area (Å²) in [6, 6.07) is 15.1. The molecule has 0 aliphatic rings. The van der Waals surface area contributed by atoms with E-state index < -0.39 is 5.97 Å². The fourth-order valence-corrected chi connectivity index (χ4v) is 1.96. The van der Waals surface area contributed by atoms with E-state index in [9.17, 15) is 4.79 Å². The number of fused-ring (bicyclic) bond motifs is 1. The number of hydrogen-bond acceptors (Lipinski definition) is 4. The molecule has 0 aliphatic carbocycles. The van der Waals surface area contributed by atoms with Crippen LogP contribution in [0.2, 0.25) is 0 Å². The van der Waals surface area contributed by atoms with E-state index in [4.69, 9.17) is 9.52 Å². The number of carbonyl (C=O) groups is 1. The molecule has 1 aromatic heterocycles. The molecule has 0 saturated carbocycles. The summed E-state index contributed by atoms with van der Waals surface area (Å²) in [4.78, 5) is 15.0. The number of oxazole rings is 1. The zero-order chi connectivity index (χ0) is 13.9. The Balaban J connectivity index is 1.88. The van der Waals surface area contributed by atoms with Gasteiger partial charge in [0.15, 0.2) is 5.58 Å². The molecule has 3 aromatic rings. The summed E-state index contributed by atoms with van der Waals surface area (Å²) in [6.07, 6.45) is -0.0236. The van der Waals surface area contributed by atoms with Crippen molar-refractivity contribution >= 4 is 28.8 Å². The fraction of sp³-hybridized carbons (Fsp3) is 0.0667. The van der Waals surface area contributed by atoms with Gasteiger partial charge in [0.25, 0.3) is 6.01 Å². The Labute approximate surface area is 114 Å². The summed E-state index contributed by atoms with van der Waals surface area (Å²) >= 11 is 0. The third kappa shape index (κ3) is 2.61. The van der Waals surface area contributed by atoms with Crippen molar-refractivity contribution in [3.05, 3.63) is 54.1 Å². The molecule has 0 spiro atoms. The molecule has 5 heteroatoms. The van der Waals surface area contributed by atoms with Crippen LogP contribution in [0.3, 0.4) is 0 Å². The number of carboxylic acid groups (broad SMARTS) is 1. The van der Waals surface area contributed by atoms with Gasteiger partial charge in [0.05, 0.1) is 6.42 Å². The first-order chi connectivity index (χ1) is 9.70. The molecule has 2 aromatic carbocycles. The lowest BCUT2D eigenvalue weighted by Crippen LogP contribution is -1.99. The van der Waals surface area contributed by atoms with Crippen LogP contribution in [0.5, 0.6) is 0 Å². The van der Waals surface area contributed by atoms with Gasteiger partial charge in [0.1, 0.15) is 5.52 Å². The predicted octanol–water partition coefficient (Wildman–Crippen LogP) is 3.20. The van der Waals surface area contributed by atoms with Crippen LogP contribution in [-0.4, -0.2) is 16.1 Å². The second-order valence-corrected chi connectivity index (χ2v) is 4.38. The lowest BCUT2D eigenvalue weighted by atomic mass is 10.1. The van der Waals surface area contributed by atoms with Crippen LogP contribution in [0.25, 0.3) is 11.1 Å². The highest BCUT2D eigenvalue weighted by molar-refractivity contribution is 5.78. The molecule has 0 aliphatic heterocycles. The van der Waals surface area contributed by atoms with Crippen LogP contribution in [0.15, 0.2) is 52.9 Å². The summed E-state index contributed by atoms with van der Waals surface area (Å²) < 4.78 is 5.56. The summed E-state index contributed by atoms with van der Waals surface area (Å²) in [7, 11) is 0. The van der Waals surface area contributed by atoms with Crippen molar-refractivity contribution in [3.8, 4) is 0 Å². The zero-order valence-corrected chi connectivity index (χ0v) is 10.5. The second kappa shape index (κ2) is 5.05. The molecule has 0 fully saturated rings. The summed E-state index contributed by atoms with van der Waals surface area (Å²) in [5, 5.41) is 11.8. The topological polar surface area (TPSA) is 75.4 Å². The van der Waals surface area contributed by atoms with Gasteiger partial charge in [-0.1, -0.05) is 24.3 Å². The third-order valence-electron chi connectivity index (χ3n) is 2.83. The Morgan fingerprint density at radius 2 is 2.00 bits per heavy atom. The van der Waals surface area contributed by atoms with Crippen molar-refractivity contribution in [2.24, 2.45) is 0 Å². The van der Waals surface area contributed by atoms with Gasteiger partial charge >= 0.3 is 5.97 Å². The van der Waals surface area contributed by atoms with Crippen LogP contribution in [0.4, 0.5) is 11.7 Å². The Hall–Kier alpha value is -2.82. The van der Waals surface area contributed by atoms with Crippen molar-refractivity contribution in [2.45, 2.75) is 6.42 Å². The molecule has 0 amide bonds. The van der Waals surface area contributed by atoms with Gasteiger partial charge in [0.2, 0.25) is 0 Å². The summed E-state index contributed by atoms with van der Waals surface area (Å²) in [5.74, 6) is -0.865. The first-order valence-corrected chi connectivity index (χ1v) is 6.14. The lowest BCUT2D eigenvalue weighted by Gasteiger charge is -1.98. The number of rotatable bonds is 4. The molecule has 0 radical (unpaired) electrons. The summed E-state index contributed by atoms with van der Waals surface area (Å²) in [6.45, 7) is 0. The third-order valence-corrected chi connectivity index (χ3v) is 2.83. The van der Waals surface area contributed by atoms with Gasteiger partial charge in [-0.2, -0.15) is 4.98 Å². The number of hydrogen-bond donors (Lipinski definition) is 2. The van der Waals surface area contributed by atoms with E-state index in [1.54, 1.807) is 18.2 Å². The maximum absolute atomic E-state index is 10.7. The average Bonchev–Trinajstić information content (AvgIpc) is 2.80. The van der Waals surface area contributed by atoms with E-state index >= 15 is 0 Å². The van der Waals surface area contributed by atoms with Gasteiger partial charge in [-0.05, 0) is 29.8 Å². The lowest BCUT2D eigenvalue weighted by molar-refractivity contribution is -0.136. The van der Waals surface area contributed by atoms with E-state index in [1.807, 2.05) is 30.3 Å². The van der Waals surface area contributed by atoms with Crippen molar-refractivity contribution in [2.75, 3.05) is 5.32 Å².